The van der Waals surface area contributed by atoms with Crippen molar-refractivity contribution in [2.24, 2.45) is 0 Å². The number of fused-ring (bicyclic) bond motifs is 1. The van der Waals surface area contributed by atoms with Crippen molar-refractivity contribution >= 4 is 10.8 Å². The Morgan fingerprint density at radius 2 is 1.53 bits per heavy atom. The van der Waals surface area contributed by atoms with Crippen molar-refractivity contribution in [1.82, 2.24) is 4.98 Å². The number of hydrogen-bond donors (Lipinski definition) is 0. The Labute approximate surface area is 206 Å². The first-order chi connectivity index (χ1) is 17.4. The third kappa shape index (κ3) is 5.80. The van der Waals surface area contributed by atoms with Gasteiger partial charge >= 0.3 is 0 Å². The van der Waals surface area contributed by atoms with Crippen LogP contribution in [0, 0.1) is 40.9 Å². The molecule has 0 saturated heterocycles. The van der Waals surface area contributed by atoms with Crippen LogP contribution in [0.25, 0.3) is 10.8 Å². The number of nitrogens with zero attached hydrogens (tertiary/aromatic N) is 1. The van der Waals surface area contributed by atoms with E-state index < -0.39 is 34.6 Å². The van der Waals surface area contributed by atoms with Crippen molar-refractivity contribution < 1.29 is 22.0 Å². The second-order valence-electron chi connectivity index (χ2n) is 8.37. The van der Waals surface area contributed by atoms with E-state index in [-0.39, 0.29) is 16.3 Å². The smallest absolute Gasteiger partial charge is 0.195 e. The van der Waals surface area contributed by atoms with E-state index in [9.17, 15) is 22.0 Å². The molecule has 0 amide bonds. The predicted molar refractivity (Wildman–Crippen MR) is 131 cm³/mol. The van der Waals surface area contributed by atoms with E-state index in [0.717, 1.165) is 30.2 Å². The molecule has 0 aliphatic rings. The van der Waals surface area contributed by atoms with Gasteiger partial charge in [0.05, 0.1) is 5.56 Å². The van der Waals surface area contributed by atoms with Crippen LogP contribution in [-0.4, -0.2) is 4.98 Å². The zero-order chi connectivity index (χ0) is 25.7. The number of halogens is 5. The van der Waals surface area contributed by atoms with E-state index in [2.05, 4.69) is 22.9 Å². The summed E-state index contributed by atoms with van der Waals surface area (Å²) >= 11 is 0. The first-order valence-electron chi connectivity index (χ1n) is 11.5. The van der Waals surface area contributed by atoms with Crippen LogP contribution in [0.2, 0.25) is 0 Å². The van der Waals surface area contributed by atoms with E-state index in [4.69, 9.17) is 0 Å². The lowest BCUT2D eigenvalue weighted by Crippen LogP contribution is -1.99. The zero-order valence-corrected chi connectivity index (χ0v) is 19.5. The fraction of sp³-hybridized carbons (Fsp3) is 0.167. The maximum absolute atomic E-state index is 14.6. The number of pyridine rings is 1. The Kier molecular flexibility index (Phi) is 7.80. The lowest BCUT2D eigenvalue weighted by molar-refractivity contribution is 0.453. The Balaban J connectivity index is 1.47. The van der Waals surface area contributed by atoms with Gasteiger partial charge in [-0.05, 0) is 85.5 Å². The summed E-state index contributed by atoms with van der Waals surface area (Å²) in [6, 6.07) is 11.2. The number of rotatable bonds is 6. The highest BCUT2D eigenvalue weighted by atomic mass is 19.2. The van der Waals surface area contributed by atoms with Crippen molar-refractivity contribution in [3.8, 4) is 11.8 Å². The van der Waals surface area contributed by atoms with Crippen molar-refractivity contribution in [1.29, 1.82) is 0 Å². The van der Waals surface area contributed by atoms with Gasteiger partial charge in [0.15, 0.2) is 17.5 Å². The van der Waals surface area contributed by atoms with Gasteiger partial charge in [0, 0.05) is 22.8 Å². The summed E-state index contributed by atoms with van der Waals surface area (Å²) in [6.07, 6.45) is 8.72. The Bertz CT molecular complexity index is 1470. The minimum Gasteiger partial charge on any atom is -0.261 e. The zero-order valence-electron chi connectivity index (χ0n) is 19.5. The van der Waals surface area contributed by atoms with Gasteiger partial charge < -0.3 is 0 Å². The standard InChI is InChI=1S/C30H22F5N/c1-2-3-4-5-20-6-10-23(36-18-20)11-7-21-15-26(31)25(27(32)16-21)13-9-19-8-12-24-22(14-19)17-28(33)30(35)29(24)34/h2-3,6,8,10,12,14-18H,4-5,7,11H2,1H3/b3-2+. The molecule has 0 atom stereocenters. The summed E-state index contributed by atoms with van der Waals surface area (Å²) in [4.78, 5) is 4.43. The first kappa shape index (κ1) is 25.1. The highest BCUT2D eigenvalue weighted by molar-refractivity contribution is 5.84. The SMILES string of the molecule is C/C=C/CCc1ccc(CCc2cc(F)c(C#Cc3ccc4c(F)c(F)c(F)cc4c3)c(F)c2)nc1. The molecule has 0 bridgehead atoms. The van der Waals surface area contributed by atoms with Crippen LogP contribution in [0.5, 0.6) is 0 Å². The molecule has 1 heterocycles. The van der Waals surface area contributed by atoms with Gasteiger partial charge in [-0.1, -0.05) is 36.1 Å². The number of benzene rings is 3. The number of allylic oxidation sites excluding steroid dienone is 2. The minimum absolute atomic E-state index is 0.0916. The number of aryl methyl sites for hydroxylation is 3. The van der Waals surface area contributed by atoms with E-state index in [1.54, 1.807) is 0 Å². The third-order valence-corrected chi connectivity index (χ3v) is 5.80. The lowest BCUT2D eigenvalue weighted by Gasteiger charge is -2.06. The molecule has 0 spiro atoms. The highest BCUT2D eigenvalue weighted by Crippen LogP contribution is 2.24. The predicted octanol–water partition coefficient (Wildman–Crippen LogP) is 7.62. The molecule has 0 N–H and O–H groups in total. The molecule has 0 fully saturated rings. The van der Waals surface area contributed by atoms with Crippen molar-refractivity contribution in [2.45, 2.75) is 32.6 Å². The van der Waals surface area contributed by atoms with E-state index in [1.165, 1.54) is 30.3 Å². The van der Waals surface area contributed by atoms with Gasteiger partial charge in [0.25, 0.3) is 0 Å². The normalized spacial score (nSPS) is 11.2. The number of hydrogen-bond acceptors (Lipinski definition) is 1. The second-order valence-corrected chi connectivity index (χ2v) is 8.37. The molecule has 3 aromatic carbocycles. The fourth-order valence-corrected chi connectivity index (χ4v) is 3.85. The Hall–Kier alpha value is -3.98. The molecular weight excluding hydrogens is 469 g/mol. The van der Waals surface area contributed by atoms with Crippen molar-refractivity contribution in [3.05, 3.63) is 124 Å². The molecule has 0 aliphatic carbocycles. The topological polar surface area (TPSA) is 12.9 Å². The number of aromatic nitrogens is 1. The quantitative estimate of drug-likeness (QED) is 0.117. The van der Waals surface area contributed by atoms with Crippen LogP contribution in [-0.2, 0) is 19.3 Å². The first-order valence-corrected chi connectivity index (χ1v) is 11.5. The molecule has 0 aliphatic heterocycles. The maximum atomic E-state index is 14.6. The fourth-order valence-electron chi connectivity index (χ4n) is 3.85. The van der Waals surface area contributed by atoms with Crippen LogP contribution >= 0.6 is 0 Å². The van der Waals surface area contributed by atoms with Gasteiger partial charge in [0.1, 0.15) is 11.6 Å². The molecule has 1 nitrogen and oxygen atoms in total. The van der Waals surface area contributed by atoms with Crippen molar-refractivity contribution in [2.75, 3.05) is 0 Å². The summed E-state index contributed by atoms with van der Waals surface area (Å²) in [5, 5.41) is -0.0205. The van der Waals surface area contributed by atoms with Crippen LogP contribution < -0.4 is 0 Å². The Morgan fingerprint density at radius 1 is 0.750 bits per heavy atom. The molecule has 182 valence electrons. The lowest BCUT2D eigenvalue weighted by atomic mass is 10.0. The van der Waals surface area contributed by atoms with E-state index in [0.29, 0.717) is 18.4 Å². The largest absolute Gasteiger partial charge is 0.261 e. The van der Waals surface area contributed by atoms with Crippen LogP contribution in [0.4, 0.5) is 22.0 Å². The van der Waals surface area contributed by atoms with E-state index in [1.807, 2.05) is 31.3 Å². The highest BCUT2D eigenvalue weighted by Gasteiger charge is 2.14. The van der Waals surface area contributed by atoms with Crippen LogP contribution in [0.1, 0.15) is 41.3 Å². The van der Waals surface area contributed by atoms with Gasteiger partial charge in [-0.3, -0.25) is 4.98 Å². The van der Waals surface area contributed by atoms with E-state index >= 15 is 0 Å². The average molecular weight is 492 g/mol. The minimum atomic E-state index is -1.56. The molecule has 4 rings (SSSR count). The third-order valence-electron chi connectivity index (χ3n) is 5.80. The van der Waals surface area contributed by atoms with Gasteiger partial charge in [-0.2, -0.15) is 0 Å². The molecule has 0 unspecified atom stereocenters. The van der Waals surface area contributed by atoms with Gasteiger partial charge in [-0.15, -0.1) is 0 Å². The average Bonchev–Trinajstić information content (AvgIpc) is 2.86. The molecule has 6 heteroatoms. The van der Waals surface area contributed by atoms with Crippen LogP contribution in [0.15, 0.2) is 66.9 Å². The molecule has 0 saturated carbocycles. The summed E-state index contributed by atoms with van der Waals surface area (Å²) < 4.78 is 70.1. The molecule has 0 radical (unpaired) electrons. The van der Waals surface area contributed by atoms with Crippen LogP contribution in [0.3, 0.4) is 0 Å². The van der Waals surface area contributed by atoms with Gasteiger partial charge in [0.2, 0.25) is 0 Å². The summed E-state index contributed by atoms with van der Waals surface area (Å²) in [5.74, 6) is -0.725. The monoisotopic (exact) mass is 491 g/mol. The van der Waals surface area contributed by atoms with Crippen molar-refractivity contribution in [3.63, 3.8) is 0 Å². The molecule has 4 aromatic rings. The summed E-state index contributed by atoms with van der Waals surface area (Å²) in [5.41, 5.74) is 2.31. The second kappa shape index (κ2) is 11.2. The van der Waals surface area contributed by atoms with Gasteiger partial charge in [-0.25, -0.2) is 22.0 Å². The molecular formula is C30H22F5N. The Morgan fingerprint density at radius 3 is 2.22 bits per heavy atom. The maximum Gasteiger partial charge on any atom is 0.195 e. The summed E-state index contributed by atoms with van der Waals surface area (Å²) in [7, 11) is 0. The molecule has 1 aromatic heterocycles. The molecule has 36 heavy (non-hydrogen) atoms. The summed E-state index contributed by atoms with van der Waals surface area (Å²) in [6.45, 7) is 1.98.